The molecule has 0 spiro atoms. The normalized spacial score (nSPS) is 31.0. The maximum absolute atomic E-state index is 12.7. The largest absolute Gasteiger partial charge is 0.769 e. The van der Waals surface area contributed by atoms with Gasteiger partial charge in [-0.15, -0.1) is 5.23 Å². The van der Waals surface area contributed by atoms with Gasteiger partial charge in [-0.3, -0.25) is 10.4 Å². The molecule has 9 nitrogen and oxygen atoms in total. The number of fused-ring (bicyclic) bond motifs is 1. The Morgan fingerprint density at radius 3 is 2.33 bits per heavy atom. The lowest BCUT2D eigenvalue weighted by molar-refractivity contribution is -0.116. The summed E-state index contributed by atoms with van der Waals surface area (Å²) in [5.74, 6) is 0.173. The van der Waals surface area contributed by atoms with Gasteiger partial charge in [-0.05, 0) is 55.2 Å². The second-order valence-electron chi connectivity index (χ2n) is 8.19. The van der Waals surface area contributed by atoms with Crippen molar-refractivity contribution in [2.45, 2.75) is 45.3 Å². The predicted molar refractivity (Wildman–Crippen MR) is 96.3 cm³/mol. The van der Waals surface area contributed by atoms with Gasteiger partial charge in [0, 0.05) is 12.8 Å². The van der Waals surface area contributed by atoms with Crippen LogP contribution in [0.15, 0.2) is 18.2 Å². The second kappa shape index (κ2) is 6.61. The zero-order valence-electron chi connectivity index (χ0n) is 15.7. The van der Waals surface area contributed by atoms with Gasteiger partial charge < -0.3 is 25.1 Å². The summed E-state index contributed by atoms with van der Waals surface area (Å²) in [5, 5.41) is 39.5. The number of hydrogen-bond acceptors (Lipinski definition) is 9. The van der Waals surface area contributed by atoms with Crippen molar-refractivity contribution in [3.8, 4) is 0 Å². The Labute approximate surface area is 157 Å². The summed E-state index contributed by atoms with van der Waals surface area (Å²) >= 11 is 0. The van der Waals surface area contributed by atoms with Crippen molar-refractivity contribution in [1.29, 1.82) is 0 Å². The molecule has 1 aromatic rings. The number of esters is 1. The zero-order chi connectivity index (χ0) is 20.1. The molecule has 2 N–H and O–H groups in total. The lowest BCUT2D eigenvalue weighted by Gasteiger charge is -2.40. The molecule has 0 radical (unpaired) electrons. The summed E-state index contributed by atoms with van der Waals surface area (Å²) in [6.45, 7) is 6.19. The highest BCUT2D eigenvalue weighted by Gasteiger charge is 2.65. The first-order valence-electron chi connectivity index (χ1n) is 8.73. The first kappa shape index (κ1) is 19.8. The summed E-state index contributed by atoms with van der Waals surface area (Å²) in [7, 11) is 1.58. The third-order valence-corrected chi connectivity index (χ3v) is 6.25. The van der Waals surface area contributed by atoms with Crippen LogP contribution < -0.4 is 10.5 Å². The fourth-order valence-corrected chi connectivity index (χ4v) is 4.44. The van der Waals surface area contributed by atoms with Crippen LogP contribution in [0.4, 0.5) is 11.4 Å². The van der Waals surface area contributed by atoms with E-state index in [0.717, 1.165) is 24.6 Å². The highest BCUT2D eigenvalue weighted by Crippen LogP contribution is 2.67. The average Bonchev–Trinajstić information content (AvgIpc) is 3.11. The molecular formula is C18H24N2O7-2. The van der Waals surface area contributed by atoms with E-state index in [1.54, 1.807) is 7.11 Å². The molecule has 27 heavy (non-hydrogen) atoms. The van der Waals surface area contributed by atoms with Crippen molar-refractivity contribution in [2.24, 2.45) is 17.3 Å². The van der Waals surface area contributed by atoms with E-state index < -0.39 is 22.5 Å². The van der Waals surface area contributed by atoms with Gasteiger partial charge in [0.2, 0.25) is 0 Å². The van der Waals surface area contributed by atoms with Gasteiger partial charge in [0.25, 0.3) is 0 Å². The Bertz CT molecular complexity index is 710. The Hall–Kier alpha value is -1.91. The zero-order valence-corrected chi connectivity index (χ0v) is 15.7. The van der Waals surface area contributed by atoms with Gasteiger partial charge in [-0.2, -0.15) is 0 Å². The molecule has 9 heteroatoms. The molecule has 2 fully saturated rings. The van der Waals surface area contributed by atoms with E-state index in [-0.39, 0.29) is 28.0 Å². The highest BCUT2D eigenvalue weighted by molar-refractivity contribution is 5.92. The minimum atomic E-state index is -0.871. The minimum absolute atomic E-state index is 0.138. The standard InChI is InChI=1S/C18H24N2O7/c1-17(2)13-8-15(26-4)18(3,9-14(13)17)27-16(21)10-5-11(19(22)23)7-12(6-10)20(24)25/h5-7,13-15,22-23H,8-9H2,1-4H3/q-2. The van der Waals surface area contributed by atoms with Crippen molar-refractivity contribution < 1.29 is 24.7 Å². The summed E-state index contributed by atoms with van der Waals surface area (Å²) in [5.41, 5.74) is -1.59. The van der Waals surface area contributed by atoms with Crippen molar-refractivity contribution in [3.05, 3.63) is 34.2 Å². The molecule has 0 aromatic heterocycles. The summed E-state index contributed by atoms with van der Waals surface area (Å²) in [6, 6.07) is 3.11. The number of carbonyl (C=O) groups is 1. The predicted octanol–water partition coefficient (Wildman–Crippen LogP) is 3.07. The first-order chi connectivity index (χ1) is 12.5. The van der Waals surface area contributed by atoms with E-state index in [4.69, 9.17) is 9.47 Å². The van der Waals surface area contributed by atoms with Gasteiger partial charge in [0.05, 0.1) is 17.4 Å². The van der Waals surface area contributed by atoms with Gasteiger partial charge >= 0.3 is 5.97 Å². The number of benzene rings is 1. The van der Waals surface area contributed by atoms with E-state index in [2.05, 4.69) is 13.8 Å². The smallest absolute Gasteiger partial charge is 0.338 e. The van der Waals surface area contributed by atoms with Crippen LogP contribution >= 0.6 is 0 Å². The van der Waals surface area contributed by atoms with Crippen LogP contribution in [0.1, 0.15) is 44.0 Å². The SMILES string of the molecule is COC1CC2C(CC1(C)OC(=O)c1cc(N([O-])[O-])cc(N(O)O)c1)C2(C)C. The number of ether oxygens (including phenoxy) is 2. The molecule has 150 valence electrons. The Balaban J connectivity index is 1.86. The number of methoxy groups -OCH3 is 1. The van der Waals surface area contributed by atoms with Crippen molar-refractivity contribution in [3.63, 3.8) is 0 Å². The first-order valence-corrected chi connectivity index (χ1v) is 8.73. The van der Waals surface area contributed by atoms with E-state index in [9.17, 15) is 25.6 Å². The van der Waals surface area contributed by atoms with Crippen molar-refractivity contribution in [1.82, 2.24) is 0 Å². The lowest BCUT2D eigenvalue weighted by atomic mass is 9.83. The molecule has 0 saturated heterocycles. The maximum Gasteiger partial charge on any atom is 0.338 e. The van der Waals surface area contributed by atoms with Crippen LogP contribution in [-0.2, 0) is 9.47 Å². The van der Waals surface area contributed by atoms with Crippen LogP contribution in [-0.4, -0.2) is 35.2 Å². The molecular weight excluding hydrogens is 356 g/mol. The Kier molecular flexibility index (Phi) is 4.86. The second-order valence-corrected chi connectivity index (χ2v) is 8.19. The van der Waals surface area contributed by atoms with E-state index in [0.29, 0.717) is 18.3 Å². The lowest BCUT2D eigenvalue weighted by Crippen LogP contribution is -2.47. The fraction of sp³-hybridized carbons (Fsp3) is 0.611. The van der Waals surface area contributed by atoms with Crippen LogP contribution in [0.2, 0.25) is 0 Å². The number of rotatable bonds is 5. The third kappa shape index (κ3) is 3.48. The van der Waals surface area contributed by atoms with Crippen LogP contribution in [0, 0.1) is 27.7 Å². The monoisotopic (exact) mass is 380 g/mol. The minimum Gasteiger partial charge on any atom is -0.769 e. The Morgan fingerprint density at radius 2 is 1.78 bits per heavy atom. The topological polar surface area (TPSA) is 129 Å². The molecule has 2 saturated carbocycles. The van der Waals surface area contributed by atoms with Gasteiger partial charge in [0.1, 0.15) is 5.60 Å². The Morgan fingerprint density at radius 1 is 1.15 bits per heavy atom. The number of nitrogens with zero attached hydrogens (tertiary/aromatic N) is 2. The van der Waals surface area contributed by atoms with Gasteiger partial charge in [-0.25, -0.2) is 4.79 Å². The van der Waals surface area contributed by atoms with Crippen LogP contribution in [0.3, 0.4) is 0 Å². The van der Waals surface area contributed by atoms with Crippen LogP contribution in [0.25, 0.3) is 0 Å². The third-order valence-electron chi connectivity index (χ3n) is 6.25. The van der Waals surface area contributed by atoms with Crippen molar-refractivity contribution >= 4 is 17.3 Å². The average molecular weight is 380 g/mol. The van der Waals surface area contributed by atoms with Crippen molar-refractivity contribution in [2.75, 3.05) is 17.6 Å². The molecule has 4 atom stereocenters. The summed E-state index contributed by atoms with van der Waals surface area (Å²) in [4.78, 5) is 12.7. The molecule has 2 aliphatic rings. The molecule has 0 amide bonds. The van der Waals surface area contributed by atoms with E-state index in [1.165, 1.54) is 0 Å². The number of anilines is 2. The molecule has 3 rings (SSSR count). The van der Waals surface area contributed by atoms with E-state index >= 15 is 0 Å². The molecule has 0 aliphatic heterocycles. The summed E-state index contributed by atoms with van der Waals surface area (Å²) < 4.78 is 11.3. The van der Waals surface area contributed by atoms with Gasteiger partial charge in [-0.1, -0.05) is 13.8 Å². The number of carbonyl (C=O) groups excluding carboxylic acids is 1. The highest BCUT2D eigenvalue weighted by atomic mass is 16.8. The quantitative estimate of drug-likeness (QED) is 0.585. The maximum atomic E-state index is 12.7. The fourth-order valence-electron chi connectivity index (χ4n) is 4.44. The molecule has 0 bridgehead atoms. The van der Waals surface area contributed by atoms with Crippen LogP contribution in [0.5, 0.6) is 0 Å². The van der Waals surface area contributed by atoms with E-state index in [1.807, 2.05) is 6.92 Å². The number of hydrogen-bond donors (Lipinski definition) is 2. The molecule has 4 unspecified atom stereocenters. The summed E-state index contributed by atoms with van der Waals surface area (Å²) in [6.07, 6.45) is 1.14. The van der Waals surface area contributed by atoms with Gasteiger partial charge in [0.15, 0.2) is 0 Å². The molecule has 2 aliphatic carbocycles. The molecule has 1 aromatic carbocycles. The molecule has 0 heterocycles.